The Morgan fingerprint density at radius 2 is 0.687 bits per heavy atom. The Hall–Kier alpha value is -13.1. The molecule has 5 aromatic carbocycles. The zero-order chi connectivity index (χ0) is 105. The van der Waals surface area contributed by atoms with Crippen LogP contribution in [-0.4, -0.2) is 278 Å². The molecule has 6 aliphatic heterocycles. The molecule has 0 unspecified atom stereocenters. The molecule has 0 aliphatic carbocycles. The summed E-state index contributed by atoms with van der Waals surface area (Å²) in [7, 11) is -14.1. The molecule has 6 fully saturated rings. The third kappa shape index (κ3) is 27.3. The molecule has 0 amide bonds. The van der Waals surface area contributed by atoms with Gasteiger partial charge >= 0.3 is 0 Å². The molecule has 5 N–H and O–H groups in total. The number of pyridine rings is 9. The predicted octanol–water partition coefficient (Wildman–Crippen LogP) is 17.1. The smallest absolute Gasteiger partial charge is 0.213 e. The van der Waals surface area contributed by atoms with Gasteiger partial charge in [-0.25, -0.2) is 77.4 Å². The average molecular weight is 2140 g/mol. The van der Waals surface area contributed by atoms with E-state index in [1.54, 1.807) is 87.6 Å². The van der Waals surface area contributed by atoms with Gasteiger partial charge in [0.15, 0.2) is 0 Å². The number of rotatable bonds is 26. The topological polar surface area (TPSA) is 403 Å². The number of anilines is 6. The van der Waals surface area contributed by atoms with Crippen LogP contribution in [-0.2, 0) is 61.4 Å². The van der Waals surface area contributed by atoms with E-state index >= 15 is 0 Å². The van der Waals surface area contributed by atoms with Gasteiger partial charge in [0.25, 0.3) is 0 Å². The maximum absolute atomic E-state index is 14.3. The average Bonchev–Trinajstić information content (AvgIpc) is 1.02. The first kappa shape index (κ1) is 108. The molecule has 0 saturated carbocycles. The number of methoxy groups -OCH3 is 1. The number of piperidine rings is 5. The lowest BCUT2D eigenvalue weighted by atomic mass is 9.99. The molecule has 15 aromatic rings. The van der Waals surface area contributed by atoms with Gasteiger partial charge in [0.1, 0.15) is 23.2 Å². The molecule has 10 aromatic heterocycles. The molecular formula is C109H128F2N22O12S5. The fourth-order valence-corrected chi connectivity index (χ4v) is 24.9. The van der Waals surface area contributed by atoms with E-state index in [2.05, 4.69) is 139 Å². The zero-order valence-electron chi connectivity index (χ0n) is 85.4. The van der Waals surface area contributed by atoms with Crippen molar-refractivity contribution < 1.29 is 60.3 Å². The molecule has 16 heterocycles. The third-order valence-electron chi connectivity index (χ3n) is 28.3. The number of aromatic nitrogens is 11. The van der Waals surface area contributed by atoms with Crippen LogP contribution in [0.15, 0.2) is 233 Å². The molecular weight excluding hydrogens is 2010 g/mol. The molecule has 21 rings (SSSR count). The number of aryl methyl sites for hydroxylation is 2. The fourth-order valence-electron chi connectivity index (χ4n) is 20.0. The number of benzene rings is 5. The minimum Gasteiger partial charge on any atom is -0.495 e. The van der Waals surface area contributed by atoms with E-state index < -0.39 is 50.1 Å². The standard InChI is InChI=1S/C25H31N5O3S.C22H29N5O2S.C21H23FN4O2S.C21H24N4O3S.C20H21FN4O2S/c1-18-13-21(16-27-25(18)29-9-11-33-12-10-29)20-14-19-3-6-26-17-23(19)24(15-20)28-22-4-7-30(8-5-22)34(2,31)32;1-3-9-26-16-19(14-24-26)18-12-17-5-8-23-15-21(17)22(13-18)25-20-6-10-27(11-7-20)30(28,29)4-2;1-2-29(27,28)26-7-4-19(5-8-26)25-21-11-16(17-10-18(22)13-24-12-17)9-15-3-6-23-14-20(15)21;1-28-19-10-17(12-23-13-19)16-9-15-3-6-22-14-20(15)21(11-16)24-18-4-7-25(8-5-18)29(2,26)27;1-28(26,27)25-8-4-16(5-9-25)24-20-11-15(17-3-7-23-13-19(17)21)10-14-2-6-22-12-18(14)20/h3,6,13-17,22,28H,4-5,7-12H2,1-2H3;5,8,12-16,20,25H,3-4,6-7,9-11H2,1-2H3;3,6,9-14,19,25H,2,4-5,7-8H2,1H3;3,6,9-14,18,24H,4-5,7-8H2,1-2H3;2-3,6-7,10-13,16,24H,4-5,8-9H2,1H3. The summed E-state index contributed by atoms with van der Waals surface area (Å²) in [6, 6.07) is 38.8. The van der Waals surface area contributed by atoms with Crippen LogP contribution in [0, 0.1) is 18.6 Å². The van der Waals surface area contributed by atoms with Crippen molar-refractivity contribution in [2.75, 3.05) is 161 Å². The molecule has 34 nitrogen and oxygen atoms in total. The number of hydrogen-bond donors (Lipinski definition) is 5. The van der Waals surface area contributed by atoms with Crippen LogP contribution in [0.2, 0.25) is 0 Å². The number of sulfonamides is 5. The lowest BCUT2D eigenvalue weighted by molar-refractivity contribution is 0.122. The van der Waals surface area contributed by atoms with Crippen LogP contribution >= 0.6 is 0 Å². The summed E-state index contributed by atoms with van der Waals surface area (Å²) < 4.78 is 168. The van der Waals surface area contributed by atoms with Gasteiger partial charge in [0.2, 0.25) is 50.1 Å². The van der Waals surface area contributed by atoms with Crippen LogP contribution in [0.3, 0.4) is 0 Å². The first-order chi connectivity index (χ1) is 72.2. The largest absolute Gasteiger partial charge is 0.495 e. The summed E-state index contributed by atoms with van der Waals surface area (Å²) in [5.74, 6) is 1.27. The van der Waals surface area contributed by atoms with E-state index in [-0.39, 0.29) is 53.3 Å². The van der Waals surface area contributed by atoms with E-state index in [9.17, 15) is 50.9 Å². The fraction of sp³-hybridized carbons (Fsp3) is 0.376. The molecule has 6 aliphatic rings. The molecule has 790 valence electrons. The Kier molecular flexibility index (Phi) is 35.0. The van der Waals surface area contributed by atoms with E-state index in [0.717, 1.165) is 229 Å². The van der Waals surface area contributed by atoms with Crippen LogP contribution in [0.4, 0.5) is 43.0 Å². The Morgan fingerprint density at radius 3 is 1.03 bits per heavy atom. The summed E-state index contributed by atoms with van der Waals surface area (Å²) in [5, 5.41) is 32.9. The lowest BCUT2D eigenvalue weighted by Gasteiger charge is -2.32. The lowest BCUT2D eigenvalue weighted by Crippen LogP contribution is -2.42. The highest BCUT2D eigenvalue weighted by molar-refractivity contribution is 7.89. The van der Waals surface area contributed by atoms with Gasteiger partial charge in [0, 0.05) is 291 Å². The quantitative estimate of drug-likeness (QED) is 0.0336. The van der Waals surface area contributed by atoms with Crippen LogP contribution in [0.25, 0.3) is 109 Å². The van der Waals surface area contributed by atoms with Gasteiger partial charge in [-0.15, -0.1) is 0 Å². The normalized spacial score (nSPS) is 16.7. The molecule has 41 heteroatoms. The van der Waals surface area contributed by atoms with Gasteiger partial charge < -0.3 is 41.0 Å². The summed E-state index contributed by atoms with van der Waals surface area (Å²) in [5.41, 5.74) is 15.2. The molecule has 150 heavy (non-hydrogen) atoms. The summed E-state index contributed by atoms with van der Waals surface area (Å²) in [6.07, 6.45) is 45.5. The molecule has 0 radical (unpaired) electrons. The Labute approximate surface area is 876 Å². The number of ether oxygens (including phenoxy) is 2. The van der Waals surface area contributed by atoms with E-state index in [1.807, 2.05) is 121 Å². The number of nitrogens with one attached hydrogen (secondary N) is 5. The van der Waals surface area contributed by atoms with E-state index in [1.165, 1.54) is 41.5 Å². The highest BCUT2D eigenvalue weighted by atomic mass is 32.2. The van der Waals surface area contributed by atoms with Gasteiger partial charge in [-0.3, -0.25) is 44.6 Å². The maximum atomic E-state index is 14.3. The second-order valence-electron chi connectivity index (χ2n) is 38.6. The van der Waals surface area contributed by atoms with Gasteiger partial charge in [-0.05, 0) is 267 Å². The summed E-state index contributed by atoms with van der Waals surface area (Å²) in [4.78, 5) is 40.5. The van der Waals surface area contributed by atoms with Crippen molar-refractivity contribution >= 4 is 138 Å². The zero-order valence-corrected chi connectivity index (χ0v) is 89.5. The van der Waals surface area contributed by atoms with Crippen molar-refractivity contribution in [3.63, 3.8) is 0 Å². The van der Waals surface area contributed by atoms with Crippen molar-refractivity contribution in [3.8, 4) is 61.4 Å². The number of halogens is 2. The number of morpholine rings is 1. The van der Waals surface area contributed by atoms with Crippen molar-refractivity contribution in [1.29, 1.82) is 0 Å². The minimum absolute atomic E-state index is 0.130. The van der Waals surface area contributed by atoms with Crippen LogP contribution in [0.1, 0.15) is 97.0 Å². The Bertz CT molecular complexity index is 7910. The van der Waals surface area contributed by atoms with Gasteiger partial charge in [0.05, 0.1) is 75.4 Å². The van der Waals surface area contributed by atoms with E-state index in [0.29, 0.717) is 95.2 Å². The second-order valence-corrected chi connectivity index (χ2v) is 49.1. The monoisotopic (exact) mass is 2130 g/mol. The van der Waals surface area contributed by atoms with E-state index in [4.69, 9.17) is 14.5 Å². The predicted molar refractivity (Wildman–Crippen MR) is 592 cm³/mol. The SMILES string of the molecule is CCCn1cc(-c2cc(NC3CCN(S(=O)(=O)CC)CC3)c3cnccc3c2)cn1.CCS(=O)(=O)N1CCC(Nc2cc(-c3cncc(F)c3)cc3ccncc23)CC1.COc1cncc(-c2cc(NC3CCN(S(C)(=O)=O)CC3)c3cnccc3c2)c1.CS(=O)(=O)N1CCC(Nc2cc(-c3ccncc3F)cc3ccncc23)CC1.Cc1cc(-c2cc(NC3CCN(S(C)(=O)=O)CC3)c3cnccc3c2)cnc1N1CCOCC1. The first-order valence-corrected chi connectivity index (χ1v) is 59.5. The number of fused-ring (bicyclic) bond motifs is 5. The second kappa shape index (κ2) is 48.5. The Balaban J connectivity index is 0.000000128. The van der Waals surface area contributed by atoms with Crippen molar-refractivity contribution in [2.24, 2.45) is 0 Å². The molecule has 0 atom stereocenters. The van der Waals surface area contributed by atoms with Crippen LogP contribution in [0.5, 0.6) is 5.75 Å². The Morgan fingerprint density at radius 1 is 0.353 bits per heavy atom. The van der Waals surface area contributed by atoms with Crippen molar-refractivity contribution in [3.05, 3.63) is 250 Å². The number of hydrogen-bond acceptors (Lipinski definition) is 28. The van der Waals surface area contributed by atoms with Crippen molar-refractivity contribution in [1.82, 2.24) is 76.2 Å². The van der Waals surface area contributed by atoms with Crippen molar-refractivity contribution in [2.45, 2.75) is 135 Å². The maximum Gasteiger partial charge on any atom is 0.213 e. The van der Waals surface area contributed by atoms with Crippen LogP contribution < -0.4 is 36.2 Å². The highest BCUT2D eigenvalue weighted by Gasteiger charge is 2.33. The highest BCUT2D eigenvalue weighted by Crippen LogP contribution is 2.41. The minimum atomic E-state index is -3.16. The summed E-state index contributed by atoms with van der Waals surface area (Å²) in [6.45, 7) is 17.0. The van der Waals surface area contributed by atoms with Gasteiger partial charge in [-0.2, -0.15) is 5.10 Å². The third-order valence-corrected chi connectivity index (χ3v) is 36.0. The first-order valence-electron chi connectivity index (χ1n) is 50.8. The van der Waals surface area contributed by atoms with Gasteiger partial charge in [-0.1, -0.05) is 6.92 Å². The molecule has 6 saturated heterocycles. The molecule has 0 bridgehead atoms. The number of nitrogens with zero attached hydrogens (tertiary/aromatic N) is 17. The summed E-state index contributed by atoms with van der Waals surface area (Å²) >= 11 is 0. The molecule has 0 spiro atoms.